The first kappa shape index (κ1) is 16.1. The molecule has 1 aliphatic heterocycles. The van der Waals surface area contributed by atoms with Crippen LogP contribution in [0.1, 0.15) is 28.4 Å². The topological polar surface area (TPSA) is 141 Å². The van der Waals surface area contributed by atoms with Gasteiger partial charge >= 0.3 is 0 Å². The smallest absolute Gasteiger partial charge is 0.298 e. The van der Waals surface area contributed by atoms with Gasteiger partial charge in [0.25, 0.3) is 10.1 Å². The van der Waals surface area contributed by atoms with Crippen molar-refractivity contribution in [2.45, 2.75) is 17.4 Å². The van der Waals surface area contributed by atoms with Crippen molar-refractivity contribution in [2.24, 2.45) is 0 Å². The van der Waals surface area contributed by atoms with Crippen molar-refractivity contribution in [3.63, 3.8) is 0 Å². The maximum Gasteiger partial charge on any atom is 0.298 e. The molecule has 9 heteroatoms. The Bertz CT molecular complexity index is 948. The van der Waals surface area contributed by atoms with Crippen LogP contribution in [0.25, 0.3) is 0 Å². The standard InChI is InChI=1S/C15H12O8S/c16-8-4-10(18)15-11(19)6-12(23-13(15)5-8)7-1-2-9(17)14(3-7)24(20,21)22/h1-5,12,16-18H,6H2,(H,20,21,22). The highest BCUT2D eigenvalue weighted by Gasteiger charge is 2.31. The molecule has 0 saturated heterocycles. The lowest BCUT2D eigenvalue weighted by Crippen LogP contribution is -2.20. The zero-order chi connectivity index (χ0) is 17.6. The molecule has 0 saturated carbocycles. The molecule has 1 aliphatic rings. The Balaban J connectivity index is 2.05. The van der Waals surface area contributed by atoms with E-state index in [1.807, 2.05) is 0 Å². The van der Waals surface area contributed by atoms with E-state index in [9.17, 15) is 28.5 Å². The second-order valence-corrected chi connectivity index (χ2v) is 6.66. The number of hydrogen-bond acceptors (Lipinski definition) is 7. The highest BCUT2D eigenvalue weighted by atomic mass is 32.2. The first-order valence-electron chi connectivity index (χ1n) is 6.73. The molecule has 1 atom stereocenters. The summed E-state index contributed by atoms with van der Waals surface area (Å²) in [5.41, 5.74) is 0.153. The van der Waals surface area contributed by atoms with Gasteiger partial charge in [0, 0.05) is 12.1 Å². The molecule has 0 bridgehead atoms. The maximum atomic E-state index is 12.2. The largest absolute Gasteiger partial charge is 0.508 e. The van der Waals surface area contributed by atoms with Gasteiger partial charge in [0.05, 0.1) is 6.42 Å². The van der Waals surface area contributed by atoms with Gasteiger partial charge in [-0.25, -0.2) is 0 Å². The van der Waals surface area contributed by atoms with Crippen LogP contribution < -0.4 is 4.74 Å². The number of hydrogen-bond donors (Lipinski definition) is 4. The van der Waals surface area contributed by atoms with Crippen molar-refractivity contribution in [3.05, 3.63) is 41.5 Å². The van der Waals surface area contributed by atoms with Crippen molar-refractivity contribution in [3.8, 4) is 23.0 Å². The Labute approximate surface area is 136 Å². The van der Waals surface area contributed by atoms with E-state index in [0.29, 0.717) is 0 Å². The number of benzene rings is 2. The van der Waals surface area contributed by atoms with Crippen LogP contribution >= 0.6 is 0 Å². The number of phenolic OH excluding ortho intramolecular Hbond substituents is 3. The Morgan fingerprint density at radius 3 is 2.42 bits per heavy atom. The van der Waals surface area contributed by atoms with Crippen LogP contribution in [0.3, 0.4) is 0 Å². The van der Waals surface area contributed by atoms with E-state index in [4.69, 9.17) is 9.29 Å². The normalized spacial score (nSPS) is 17.2. The van der Waals surface area contributed by atoms with Gasteiger partial charge in [-0.15, -0.1) is 0 Å². The van der Waals surface area contributed by atoms with Crippen LogP contribution in [0.15, 0.2) is 35.2 Å². The van der Waals surface area contributed by atoms with E-state index >= 15 is 0 Å². The van der Waals surface area contributed by atoms with Gasteiger partial charge in [0.1, 0.15) is 39.6 Å². The summed E-state index contributed by atoms with van der Waals surface area (Å²) in [5, 5.41) is 28.8. The van der Waals surface area contributed by atoms with E-state index < -0.39 is 38.4 Å². The van der Waals surface area contributed by atoms with Crippen molar-refractivity contribution < 1.29 is 37.8 Å². The number of fused-ring (bicyclic) bond motifs is 1. The Morgan fingerprint density at radius 2 is 1.75 bits per heavy atom. The SMILES string of the molecule is O=C1CC(c2ccc(O)c(S(=O)(=O)O)c2)Oc2cc(O)cc(O)c21. The summed E-state index contributed by atoms with van der Waals surface area (Å²) < 4.78 is 37.2. The molecule has 8 nitrogen and oxygen atoms in total. The van der Waals surface area contributed by atoms with Crippen LogP contribution in [-0.4, -0.2) is 34.1 Å². The fraction of sp³-hybridized carbons (Fsp3) is 0.133. The summed E-state index contributed by atoms with van der Waals surface area (Å²) >= 11 is 0. The molecule has 0 amide bonds. The summed E-state index contributed by atoms with van der Waals surface area (Å²) in [5.74, 6) is -1.86. The molecule has 126 valence electrons. The molecule has 1 heterocycles. The van der Waals surface area contributed by atoms with E-state index in [-0.39, 0.29) is 29.0 Å². The number of Topliss-reactive ketones (excluding diaryl/α,β-unsaturated/α-hetero) is 1. The zero-order valence-corrected chi connectivity index (χ0v) is 12.8. The molecule has 2 aromatic rings. The van der Waals surface area contributed by atoms with Crippen molar-refractivity contribution in [1.29, 1.82) is 0 Å². The molecule has 0 fully saturated rings. The Morgan fingerprint density at radius 1 is 1.04 bits per heavy atom. The fourth-order valence-corrected chi connectivity index (χ4v) is 3.17. The molecule has 24 heavy (non-hydrogen) atoms. The number of carbonyl (C=O) groups excluding carboxylic acids is 1. The van der Waals surface area contributed by atoms with E-state index in [0.717, 1.165) is 24.3 Å². The molecule has 2 aromatic carbocycles. The van der Waals surface area contributed by atoms with Gasteiger partial charge in [-0.3, -0.25) is 9.35 Å². The lowest BCUT2D eigenvalue weighted by atomic mass is 9.95. The molecule has 0 aromatic heterocycles. The van der Waals surface area contributed by atoms with E-state index in [1.165, 1.54) is 6.07 Å². The van der Waals surface area contributed by atoms with Gasteiger partial charge in [0.15, 0.2) is 5.78 Å². The fourth-order valence-electron chi connectivity index (χ4n) is 2.55. The van der Waals surface area contributed by atoms with Gasteiger partial charge in [-0.2, -0.15) is 8.42 Å². The van der Waals surface area contributed by atoms with Crippen molar-refractivity contribution in [2.75, 3.05) is 0 Å². The number of rotatable bonds is 2. The molecular formula is C15H12O8S. The van der Waals surface area contributed by atoms with Crippen LogP contribution in [0.4, 0.5) is 0 Å². The van der Waals surface area contributed by atoms with Gasteiger partial charge in [-0.05, 0) is 17.7 Å². The second-order valence-electron chi connectivity index (χ2n) is 5.27. The van der Waals surface area contributed by atoms with Crippen LogP contribution in [-0.2, 0) is 10.1 Å². The minimum Gasteiger partial charge on any atom is -0.508 e. The molecule has 0 spiro atoms. The summed E-state index contributed by atoms with van der Waals surface area (Å²) in [6.07, 6.45) is -1.10. The quantitative estimate of drug-likeness (QED) is 0.599. The lowest BCUT2D eigenvalue weighted by molar-refractivity contribution is 0.0844. The molecular weight excluding hydrogens is 340 g/mol. The summed E-state index contributed by atoms with van der Waals surface area (Å²) in [7, 11) is -4.65. The summed E-state index contributed by atoms with van der Waals surface area (Å²) in [6, 6.07) is 5.56. The highest BCUT2D eigenvalue weighted by molar-refractivity contribution is 7.86. The number of ketones is 1. The Kier molecular flexibility index (Phi) is 3.61. The molecule has 0 radical (unpaired) electrons. The number of ether oxygens (including phenoxy) is 1. The second kappa shape index (κ2) is 5.39. The number of aromatic hydroxyl groups is 3. The third-order valence-corrected chi connectivity index (χ3v) is 4.50. The first-order valence-corrected chi connectivity index (χ1v) is 8.17. The van der Waals surface area contributed by atoms with Crippen LogP contribution in [0, 0.1) is 0 Å². The molecule has 3 rings (SSSR count). The third-order valence-electron chi connectivity index (χ3n) is 3.62. The summed E-state index contributed by atoms with van der Waals surface area (Å²) in [4.78, 5) is 11.5. The maximum absolute atomic E-state index is 12.2. The van der Waals surface area contributed by atoms with Gasteiger partial charge < -0.3 is 20.1 Å². The average Bonchev–Trinajstić information content (AvgIpc) is 2.45. The number of phenols is 3. The minimum atomic E-state index is -4.65. The number of carbonyl (C=O) groups is 1. The van der Waals surface area contributed by atoms with Crippen molar-refractivity contribution in [1.82, 2.24) is 0 Å². The van der Waals surface area contributed by atoms with E-state index in [1.54, 1.807) is 0 Å². The minimum absolute atomic E-state index is 0.0461. The highest BCUT2D eigenvalue weighted by Crippen LogP contribution is 2.42. The Hall–Kier alpha value is -2.78. The molecule has 0 aliphatic carbocycles. The van der Waals surface area contributed by atoms with Gasteiger partial charge in [-0.1, -0.05) is 6.07 Å². The first-order chi connectivity index (χ1) is 11.2. The summed E-state index contributed by atoms with van der Waals surface area (Å²) in [6.45, 7) is 0. The van der Waals surface area contributed by atoms with Crippen molar-refractivity contribution >= 4 is 15.9 Å². The zero-order valence-electron chi connectivity index (χ0n) is 12.0. The predicted molar refractivity (Wildman–Crippen MR) is 80.0 cm³/mol. The molecule has 1 unspecified atom stereocenters. The van der Waals surface area contributed by atoms with Gasteiger partial charge in [0.2, 0.25) is 0 Å². The predicted octanol–water partition coefficient (Wildman–Crippen LogP) is 1.76. The monoisotopic (exact) mass is 352 g/mol. The third kappa shape index (κ3) is 2.74. The average molecular weight is 352 g/mol. The lowest BCUT2D eigenvalue weighted by Gasteiger charge is -2.26. The van der Waals surface area contributed by atoms with Crippen LogP contribution in [0.5, 0.6) is 23.0 Å². The molecule has 4 N–H and O–H groups in total. The van der Waals surface area contributed by atoms with E-state index in [2.05, 4.69) is 0 Å². The van der Waals surface area contributed by atoms with Crippen LogP contribution in [0.2, 0.25) is 0 Å².